The maximum atomic E-state index is 5.26. The minimum Gasteiger partial charge on any atom is -0.387 e. The van der Waals surface area contributed by atoms with Crippen molar-refractivity contribution in [3.63, 3.8) is 0 Å². The topological polar surface area (TPSA) is 71.1 Å². The van der Waals surface area contributed by atoms with Gasteiger partial charge in [-0.1, -0.05) is 29.9 Å². The van der Waals surface area contributed by atoms with Crippen LogP contribution in [0.4, 0.5) is 11.5 Å². The molecule has 0 unspecified atom stereocenters. The number of nitrogens with zero attached hydrogens (tertiary/aromatic N) is 2. The molecule has 6 nitrogen and oxygen atoms in total. The van der Waals surface area contributed by atoms with Crippen LogP contribution < -0.4 is 21.2 Å². The first-order valence-electron chi connectivity index (χ1n) is 9.28. The highest BCUT2D eigenvalue weighted by atomic mass is 16.7. The first kappa shape index (κ1) is 16.1. The molecule has 0 amide bonds. The van der Waals surface area contributed by atoms with E-state index in [0.717, 1.165) is 47.2 Å². The van der Waals surface area contributed by atoms with E-state index in [2.05, 4.69) is 50.6 Å². The Hall–Kier alpha value is -3.12. The molecule has 2 aromatic carbocycles. The zero-order valence-electron chi connectivity index (χ0n) is 15.1. The van der Waals surface area contributed by atoms with Crippen LogP contribution >= 0.6 is 0 Å². The van der Waals surface area contributed by atoms with Crippen LogP contribution in [0.3, 0.4) is 0 Å². The van der Waals surface area contributed by atoms with Crippen LogP contribution in [0.2, 0.25) is 0 Å². The molecule has 5 rings (SSSR count). The fourth-order valence-electron chi connectivity index (χ4n) is 3.88. The molecule has 1 atom stereocenters. The van der Waals surface area contributed by atoms with Gasteiger partial charge in [-0.3, -0.25) is 5.43 Å². The quantitative estimate of drug-likeness (QED) is 0.652. The summed E-state index contributed by atoms with van der Waals surface area (Å²) in [5, 5.41) is 3.64. The van der Waals surface area contributed by atoms with Crippen molar-refractivity contribution in [2.24, 2.45) is 0 Å². The van der Waals surface area contributed by atoms with Gasteiger partial charge >= 0.3 is 0 Å². The lowest BCUT2D eigenvalue weighted by Crippen LogP contribution is -2.18. The smallest absolute Gasteiger partial charge is 0.174 e. The van der Waals surface area contributed by atoms with E-state index < -0.39 is 0 Å². The molecular formula is C21H21N5O. The van der Waals surface area contributed by atoms with Crippen molar-refractivity contribution >= 4 is 11.5 Å². The molecule has 1 aliphatic heterocycles. The van der Waals surface area contributed by atoms with Crippen molar-refractivity contribution in [1.29, 1.82) is 0 Å². The summed E-state index contributed by atoms with van der Waals surface area (Å²) in [6, 6.07) is 17.0. The molecule has 0 saturated heterocycles. The van der Waals surface area contributed by atoms with Gasteiger partial charge in [-0.2, -0.15) is 0 Å². The van der Waals surface area contributed by atoms with E-state index in [1.807, 2.05) is 31.2 Å². The van der Waals surface area contributed by atoms with Gasteiger partial charge in [0.1, 0.15) is 11.6 Å². The molecule has 6 heteroatoms. The molecule has 0 saturated carbocycles. The molecule has 136 valence electrons. The van der Waals surface area contributed by atoms with Crippen molar-refractivity contribution in [2.75, 3.05) is 10.7 Å². The number of rotatable bonds is 3. The summed E-state index contributed by atoms with van der Waals surface area (Å²) in [6.45, 7) is 1.93. The van der Waals surface area contributed by atoms with E-state index in [1.165, 1.54) is 17.5 Å². The lowest BCUT2D eigenvalue weighted by molar-refractivity contribution is 0.247. The second-order valence-corrected chi connectivity index (χ2v) is 7.01. The number of anilines is 2. The summed E-state index contributed by atoms with van der Waals surface area (Å²) in [7, 11) is 0. The predicted octanol–water partition coefficient (Wildman–Crippen LogP) is 4.17. The summed E-state index contributed by atoms with van der Waals surface area (Å²) < 4.78 is 0. The number of aromatic nitrogens is 2. The second kappa shape index (κ2) is 6.55. The van der Waals surface area contributed by atoms with Gasteiger partial charge < -0.3 is 10.2 Å². The van der Waals surface area contributed by atoms with Crippen molar-refractivity contribution in [3.05, 3.63) is 65.5 Å². The van der Waals surface area contributed by atoms with Gasteiger partial charge in [0.25, 0.3) is 0 Å². The Morgan fingerprint density at radius 2 is 2.04 bits per heavy atom. The maximum Gasteiger partial charge on any atom is 0.174 e. The molecular weight excluding hydrogens is 338 g/mol. The highest BCUT2D eigenvalue weighted by Crippen LogP contribution is 2.34. The first-order valence-corrected chi connectivity index (χ1v) is 9.28. The van der Waals surface area contributed by atoms with Crippen molar-refractivity contribution in [1.82, 2.24) is 15.6 Å². The third-order valence-corrected chi connectivity index (χ3v) is 5.15. The molecule has 2 heterocycles. The van der Waals surface area contributed by atoms with Gasteiger partial charge in [0.05, 0.1) is 17.4 Å². The fraction of sp³-hybridized carbons (Fsp3) is 0.238. The Balaban J connectivity index is 1.46. The zero-order chi connectivity index (χ0) is 18.2. The molecule has 3 N–H and O–H groups in total. The SMILES string of the molecule is Cc1nc(N[C@@H]2CCCc3ccccc32)cc(-c2ccc3c(c2)NNO3)n1. The third kappa shape index (κ3) is 3.08. The molecule has 1 aliphatic carbocycles. The van der Waals surface area contributed by atoms with E-state index in [-0.39, 0.29) is 6.04 Å². The molecule has 3 aromatic rings. The Morgan fingerprint density at radius 1 is 1.11 bits per heavy atom. The van der Waals surface area contributed by atoms with E-state index >= 15 is 0 Å². The molecule has 0 radical (unpaired) electrons. The van der Waals surface area contributed by atoms with Crippen LogP contribution in [0.25, 0.3) is 11.3 Å². The van der Waals surface area contributed by atoms with Crippen molar-refractivity contribution in [3.8, 4) is 17.0 Å². The van der Waals surface area contributed by atoms with E-state index in [0.29, 0.717) is 0 Å². The molecule has 0 bridgehead atoms. The Morgan fingerprint density at radius 3 is 3.00 bits per heavy atom. The summed E-state index contributed by atoms with van der Waals surface area (Å²) in [6.07, 6.45) is 3.46. The average Bonchev–Trinajstić information content (AvgIpc) is 3.16. The average molecular weight is 359 g/mol. The molecule has 2 aliphatic rings. The molecule has 1 aromatic heterocycles. The zero-order valence-corrected chi connectivity index (χ0v) is 15.1. The largest absolute Gasteiger partial charge is 0.387 e. The number of nitrogens with one attached hydrogen (secondary N) is 3. The minimum absolute atomic E-state index is 0.288. The van der Waals surface area contributed by atoms with E-state index in [9.17, 15) is 0 Å². The number of fused-ring (bicyclic) bond motifs is 2. The van der Waals surface area contributed by atoms with Crippen LogP contribution in [0.5, 0.6) is 5.75 Å². The number of hydrazine groups is 1. The van der Waals surface area contributed by atoms with Gasteiger partial charge in [0, 0.05) is 11.6 Å². The maximum absolute atomic E-state index is 5.26. The Labute approximate surface area is 157 Å². The van der Waals surface area contributed by atoms with Crippen LogP contribution in [-0.4, -0.2) is 9.97 Å². The van der Waals surface area contributed by atoms with Gasteiger partial charge in [-0.05, 0) is 55.5 Å². The molecule has 0 fully saturated rings. The normalized spacial score (nSPS) is 17.4. The number of benzene rings is 2. The summed E-state index contributed by atoms with van der Waals surface area (Å²) in [4.78, 5) is 14.5. The lowest BCUT2D eigenvalue weighted by atomic mass is 9.88. The number of hydrogen-bond donors (Lipinski definition) is 3. The minimum atomic E-state index is 0.288. The van der Waals surface area contributed by atoms with E-state index in [1.54, 1.807) is 0 Å². The van der Waals surface area contributed by atoms with Gasteiger partial charge in [-0.15, -0.1) is 0 Å². The van der Waals surface area contributed by atoms with Gasteiger partial charge in [-0.25, -0.2) is 9.97 Å². The number of aryl methyl sites for hydroxylation is 2. The number of hydrogen-bond acceptors (Lipinski definition) is 6. The highest BCUT2D eigenvalue weighted by molar-refractivity contribution is 5.71. The second-order valence-electron chi connectivity index (χ2n) is 7.01. The van der Waals surface area contributed by atoms with Crippen LogP contribution in [0, 0.1) is 6.92 Å². The van der Waals surface area contributed by atoms with Crippen LogP contribution in [0.15, 0.2) is 48.5 Å². The third-order valence-electron chi connectivity index (χ3n) is 5.15. The monoisotopic (exact) mass is 359 g/mol. The Kier molecular flexibility index (Phi) is 3.90. The van der Waals surface area contributed by atoms with Crippen molar-refractivity contribution in [2.45, 2.75) is 32.2 Å². The highest BCUT2D eigenvalue weighted by Gasteiger charge is 2.20. The van der Waals surface area contributed by atoms with Gasteiger partial charge in [0.2, 0.25) is 0 Å². The molecule has 27 heavy (non-hydrogen) atoms. The van der Waals surface area contributed by atoms with Crippen LogP contribution in [0.1, 0.15) is 35.8 Å². The molecule has 0 spiro atoms. The lowest BCUT2D eigenvalue weighted by Gasteiger charge is -2.27. The first-order chi connectivity index (χ1) is 13.3. The van der Waals surface area contributed by atoms with Gasteiger partial charge in [0.15, 0.2) is 5.75 Å². The van der Waals surface area contributed by atoms with Crippen molar-refractivity contribution < 1.29 is 4.84 Å². The van der Waals surface area contributed by atoms with Crippen LogP contribution in [-0.2, 0) is 6.42 Å². The summed E-state index contributed by atoms with van der Waals surface area (Å²) in [5.74, 6) is 2.39. The Bertz CT molecular complexity index is 1000. The summed E-state index contributed by atoms with van der Waals surface area (Å²) >= 11 is 0. The van der Waals surface area contributed by atoms with E-state index in [4.69, 9.17) is 4.84 Å². The predicted molar refractivity (Wildman–Crippen MR) is 105 cm³/mol. The standard InChI is InChI=1S/C21H21N5O/c1-13-22-18(15-9-10-20-19(11-15)25-26-27-20)12-21(23-13)24-17-8-4-6-14-5-2-3-7-16(14)17/h2-3,5,7,9-12,17,25-26H,4,6,8H2,1H3,(H,22,23,24)/t17-/m1/s1. The fourth-order valence-corrected chi connectivity index (χ4v) is 3.88. The summed E-state index contributed by atoms with van der Waals surface area (Å²) in [5.41, 5.74) is 11.3.